The number of nitrogens with zero attached hydrogens (tertiary/aromatic N) is 1. The lowest BCUT2D eigenvalue weighted by atomic mass is 10.1. The predicted octanol–water partition coefficient (Wildman–Crippen LogP) is 2.02. The van der Waals surface area contributed by atoms with E-state index in [1.165, 1.54) is 18.4 Å². The molecule has 4 rings (SSSR count). The molecule has 3 aliphatic rings. The maximum absolute atomic E-state index is 5.99. The molecule has 2 atom stereocenters. The Morgan fingerprint density at radius 2 is 1.89 bits per heavy atom. The fraction of sp³-hybridized carbons (Fsp3) is 0.600. The third-order valence-electron chi connectivity index (χ3n) is 4.68. The van der Waals surface area contributed by atoms with Crippen LogP contribution in [0.3, 0.4) is 0 Å². The smallest absolute Gasteiger partial charge is 0.188 e. The number of rotatable bonds is 2. The van der Waals surface area contributed by atoms with Gasteiger partial charge in [0, 0.05) is 19.0 Å². The van der Waals surface area contributed by atoms with Crippen LogP contribution in [0.2, 0.25) is 0 Å². The number of ether oxygens (including phenoxy) is 2. The van der Waals surface area contributed by atoms with E-state index in [-0.39, 0.29) is 5.79 Å². The van der Waals surface area contributed by atoms with E-state index < -0.39 is 0 Å². The van der Waals surface area contributed by atoms with Crippen LogP contribution in [0.1, 0.15) is 18.4 Å². The zero-order valence-electron chi connectivity index (χ0n) is 10.5. The molecule has 3 fully saturated rings. The van der Waals surface area contributed by atoms with Gasteiger partial charge in [0.1, 0.15) is 0 Å². The molecule has 3 heteroatoms. The Hall–Kier alpha value is -0.900. The average molecular weight is 245 g/mol. The lowest BCUT2D eigenvalue weighted by Gasteiger charge is -2.30. The van der Waals surface area contributed by atoms with E-state index in [1.54, 1.807) is 0 Å². The van der Waals surface area contributed by atoms with Gasteiger partial charge >= 0.3 is 0 Å². The molecule has 2 aliphatic heterocycles. The van der Waals surface area contributed by atoms with Gasteiger partial charge in [-0.05, 0) is 18.4 Å². The van der Waals surface area contributed by atoms with Crippen LogP contribution in [0.5, 0.6) is 0 Å². The van der Waals surface area contributed by atoms with Crippen molar-refractivity contribution in [3.05, 3.63) is 35.9 Å². The van der Waals surface area contributed by atoms with Gasteiger partial charge in [-0.3, -0.25) is 4.90 Å². The monoisotopic (exact) mass is 245 g/mol. The molecule has 96 valence electrons. The Balaban J connectivity index is 1.55. The van der Waals surface area contributed by atoms with Crippen LogP contribution in [-0.2, 0) is 16.0 Å². The van der Waals surface area contributed by atoms with Crippen LogP contribution < -0.4 is 0 Å². The first-order valence-electron chi connectivity index (χ1n) is 6.94. The van der Waals surface area contributed by atoms with Gasteiger partial charge in [-0.2, -0.15) is 0 Å². The van der Waals surface area contributed by atoms with Crippen LogP contribution in [-0.4, -0.2) is 36.5 Å². The Morgan fingerprint density at radius 1 is 1.11 bits per heavy atom. The second kappa shape index (κ2) is 4.05. The Labute approximate surface area is 108 Å². The molecule has 2 unspecified atom stereocenters. The van der Waals surface area contributed by atoms with E-state index in [2.05, 4.69) is 35.2 Å². The summed E-state index contributed by atoms with van der Waals surface area (Å²) in [6, 6.07) is 11.2. The highest BCUT2D eigenvalue weighted by Gasteiger charge is 2.61. The van der Waals surface area contributed by atoms with E-state index in [4.69, 9.17) is 9.47 Å². The second-order valence-corrected chi connectivity index (χ2v) is 5.62. The summed E-state index contributed by atoms with van der Waals surface area (Å²) < 4.78 is 12.0. The molecule has 2 heterocycles. The van der Waals surface area contributed by atoms with Gasteiger partial charge in [0.25, 0.3) is 0 Å². The molecule has 1 aromatic carbocycles. The highest BCUT2D eigenvalue weighted by molar-refractivity contribution is 5.17. The van der Waals surface area contributed by atoms with E-state index in [9.17, 15) is 0 Å². The van der Waals surface area contributed by atoms with Gasteiger partial charge < -0.3 is 9.47 Å². The number of hydrogen-bond acceptors (Lipinski definition) is 3. The topological polar surface area (TPSA) is 21.7 Å². The number of likely N-dealkylation sites (tertiary alicyclic amines) is 1. The molecule has 2 bridgehead atoms. The van der Waals surface area contributed by atoms with Crippen LogP contribution in [0, 0.1) is 5.92 Å². The van der Waals surface area contributed by atoms with Gasteiger partial charge in [-0.25, -0.2) is 0 Å². The van der Waals surface area contributed by atoms with E-state index >= 15 is 0 Å². The molecule has 3 nitrogen and oxygen atoms in total. The molecule has 0 N–H and O–H groups in total. The first-order chi connectivity index (χ1) is 8.88. The molecule has 1 aliphatic carbocycles. The standard InChI is InChI=1S/C15H19NO2/c1-2-4-12(5-3-1)10-16-11-13-6-7-14(16)15(13)17-8-9-18-15/h1-5,13-14H,6-11H2. The minimum atomic E-state index is -0.255. The first-order valence-corrected chi connectivity index (χ1v) is 6.94. The van der Waals surface area contributed by atoms with Crippen LogP contribution >= 0.6 is 0 Å². The molecule has 0 amide bonds. The van der Waals surface area contributed by atoms with Crippen molar-refractivity contribution in [2.45, 2.75) is 31.2 Å². The number of piperidine rings is 1. The quantitative estimate of drug-likeness (QED) is 0.795. The van der Waals surface area contributed by atoms with E-state index in [0.29, 0.717) is 12.0 Å². The van der Waals surface area contributed by atoms with Gasteiger partial charge in [0.05, 0.1) is 19.3 Å². The van der Waals surface area contributed by atoms with Crippen molar-refractivity contribution in [1.82, 2.24) is 4.90 Å². The third kappa shape index (κ3) is 1.48. The minimum absolute atomic E-state index is 0.255. The molecular formula is C15H19NO2. The molecule has 2 saturated heterocycles. The van der Waals surface area contributed by atoms with E-state index in [1.807, 2.05) is 0 Å². The summed E-state index contributed by atoms with van der Waals surface area (Å²) in [5.74, 6) is 0.322. The third-order valence-corrected chi connectivity index (χ3v) is 4.68. The van der Waals surface area contributed by atoms with Crippen molar-refractivity contribution in [2.75, 3.05) is 19.8 Å². The Morgan fingerprint density at radius 3 is 2.67 bits per heavy atom. The molecular weight excluding hydrogens is 226 g/mol. The molecule has 1 aromatic rings. The molecule has 0 aromatic heterocycles. The van der Waals surface area contributed by atoms with Crippen LogP contribution in [0.4, 0.5) is 0 Å². The fourth-order valence-corrected chi connectivity index (χ4v) is 3.96. The number of hydrogen-bond donors (Lipinski definition) is 0. The normalized spacial score (nSPS) is 33.6. The number of benzene rings is 1. The lowest BCUT2D eigenvalue weighted by Crippen LogP contribution is -2.43. The summed E-state index contributed by atoms with van der Waals surface area (Å²) >= 11 is 0. The predicted molar refractivity (Wildman–Crippen MR) is 68.0 cm³/mol. The van der Waals surface area contributed by atoms with E-state index in [0.717, 1.165) is 26.3 Å². The molecule has 0 radical (unpaired) electrons. The second-order valence-electron chi connectivity index (χ2n) is 5.62. The summed E-state index contributed by atoms with van der Waals surface area (Å²) in [4.78, 5) is 2.55. The van der Waals surface area contributed by atoms with Crippen LogP contribution in [0.15, 0.2) is 30.3 Å². The summed E-state index contributed by atoms with van der Waals surface area (Å²) in [5, 5.41) is 0. The van der Waals surface area contributed by atoms with Gasteiger partial charge in [-0.1, -0.05) is 30.3 Å². The first kappa shape index (κ1) is 11.0. The maximum atomic E-state index is 5.99. The maximum Gasteiger partial charge on any atom is 0.188 e. The van der Waals surface area contributed by atoms with Crippen molar-refractivity contribution in [1.29, 1.82) is 0 Å². The summed E-state index contributed by atoms with van der Waals surface area (Å²) in [6.07, 6.45) is 2.48. The molecule has 1 saturated carbocycles. The van der Waals surface area contributed by atoms with Gasteiger partial charge in [-0.15, -0.1) is 0 Å². The summed E-state index contributed by atoms with van der Waals surface area (Å²) in [5.41, 5.74) is 1.39. The zero-order chi connectivity index (χ0) is 12.0. The zero-order valence-corrected chi connectivity index (χ0v) is 10.5. The van der Waals surface area contributed by atoms with Gasteiger partial charge in [0.15, 0.2) is 5.79 Å². The van der Waals surface area contributed by atoms with Crippen LogP contribution in [0.25, 0.3) is 0 Å². The van der Waals surface area contributed by atoms with Crippen molar-refractivity contribution < 1.29 is 9.47 Å². The minimum Gasteiger partial charge on any atom is -0.346 e. The Bertz CT molecular complexity index is 427. The lowest BCUT2D eigenvalue weighted by molar-refractivity contribution is -0.179. The Kier molecular flexibility index (Phi) is 2.47. The molecule has 18 heavy (non-hydrogen) atoms. The van der Waals surface area contributed by atoms with Gasteiger partial charge in [0.2, 0.25) is 0 Å². The largest absolute Gasteiger partial charge is 0.346 e. The fourth-order valence-electron chi connectivity index (χ4n) is 3.96. The average Bonchev–Trinajstić information content (AvgIpc) is 3.09. The molecule has 1 spiro atoms. The van der Waals surface area contributed by atoms with Crippen molar-refractivity contribution in [2.24, 2.45) is 5.92 Å². The summed E-state index contributed by atoms with van der Waals surface area (Å²) in [6.45, 7) is 3.69. The highest BCUT2D eigenvalue weighted by Crippen LogP contribution is 2.50. The van der Waals surface area contributed by atoms with Crippen molar-refractivity contribution >= 4 is 0 Å². The summed E-state index contributed by atoms with van der Waals surface area (Å²) in [7, 11) is 0. The van der Waals surface area contributed by atoms with Crippen molar-refractivity contribution in [3.8, 4) is 0 Å². The SMILES string of the molecule is c1ccc(CN2CC3CCC2C32OCCO2)cc1. The van der Waals surface area contributed by atoms with Crippen molar-refractivity contribution in [3.63, 3.8) is 0 Å². The highest BCUT2D eigenvalue weighted by atomic mass is 16.7.